The largest absolute Gasteiger partial charge is 0.349 e. The molecule has 2 N–H and O–H groups in total. The third kappa shape index (κ3) is 2.81. The Balaban J connectivity index is 1.87. The highest BCUT2D eigenvalue weighted by molar-refractivity contribution is 9.10. The smallest absolute Gasteiger partial charge is 0.129 e. The van der Waals surface area contributed by atoms with E-state index >= 15 is 0 Å². The first-order valence-corrected chi connectivity index (χ1v) is 7.81. The van der Waals surface area contributed by atoms with Crippen LogP contribution in [0.2, 0.25) is 0 Å². The van der Waals surface area contributed by atoms with Crippen molar-refractivity contribution in [3.05, 3.63) is 57.6 Å². The number of benzene rings is 1. The van der Waals surface area contributed by atoms with Crippen LogP contribution in [0.5, 0.6) is 0 Å². The highest BCUT2D eigenvalue weighted by atomic mass is 79.9. The van der Waals surface area contributed by atoms with Gasteiger partial charge in [0.05, 0.1) is 0 Å². The molecule has 4 heteroatoms. The molecule has 106 valence electrons. The van der Waals surface area contributed by atoms with Crippen LogP contribution < -0.4 is 5.73 Å². The van der Waals surface area contributed by atoms with E-state index in [0.717, 1.165) is 17.3 Å². The number of hydrogen-bond acceptors (Lipinski definition) is 1. The summed E-state index contributed by atoms with van der Waals surface area (Å²) >= 11 is 3.28. The Kier molecular flexibility index (Phi) is 3.94. The molecule has 0 radical (unpaired) electrons. The van der Waals surface area contributed by atoms with Gasteiger partial charge in [0.15, 0.2) is 0 Å². The fourth-order valence-corrected chi connectivity index (χ4v) is 3.22. The summed E-state index contributed by atoms with van der Waals surface area (Å²) < 4.78 is 16.7. The van der Waals surface area contributed by atoms with Gasteiger partial charge in [0.2, 0.25) is 0 Å². The van der Waals surface area contributed by atoms with Crippen LogP contribution in [-0.4, -0.2) is 4.57 Å². The lowest BCUT2D eigenvalue weighted by Gasteiger charge is -2.08. The van der Waals surface area contributed by atoms with Crippen molar-refractivity contribution in [2.45, 2.75) is 38.3 Å². The number of aromatic nitrogens is 1. The Morgan fingerprint density at radius 1 is 1.30 bits per heavy atom. The Hall–Kier alpha value is -1.13. The standard InChI is InChI=1S/C16H18BrFN2/c17-13-6-5-12(15(18)7-13)9-20-8-11-3-1-2-4-16(19)14(11)10-20/h5-8,10,16H,1-4,9,19H2. The molecule has 1 unspecified atom stereocenters. The third-order valence-electron chi connectivity index (χ3n) is 3.98. The second-order valence-electron chi connectivity index (χ2n) is 5.50. The van der Waals surface area contributed by atoms with E-state index in [1.165, 1.54) is 30.0 Å². The average Bonchev–Trinajstić information content (AvgIpc) is 2.73. The van der Waals surface area contributed by atoms with Crippen molar-refractivity contribution in [2.24, 2.45) is 5.73 Å². The van der Waals surface area contributed by atoms with Crippen molar-refractivity contribution in [2.75, 3.05) is 0 Å². The molecule has 2 aromatic rings. The SMILES string of the molecule is NC1CCCCc2cn(Cc3ccc(Br)cc3F)cc21. The number of nitrogens with zero attached hydrogens (tertiary/aromatic N) is 1. The molecular weight excluding hydrogens is 319 g/mol. The zero-order valence-corrected chi connectivity index (χ0v) is 12.9. The lowest BCUT2D eigenvalue weighted by atomic mass is 10.1. The van der Waals surface area contributed by atoms with Crippen molar-refractivity contribution < 1.29 is 4.39 Å². The van der Waals surface area contributed by atoms with Crippen molar-refractivity contribution in [1.29, 1.82) is 0 Å². The number of hydrogen-bond donors (Lipinski definition) is 1. The third-order valence-corrected chi connectivity index (χ3v) is 4.47. The lowest BCUT2D eigenvalue weighted by molar-refractivity contribution is 0.593. The summed E-state index contributed by atoms with van der Waals surface area (Å²) in [6.07, 6.45) is 8.73. The van der Waals surface area contributed by atoms with E-state index in [2.05, 4.69) is 32.9 Å². The summed E-state index contributed by atoms with van der Waals surface area (Å²) in [4.78, 5) is 0. The number of nitrogens with two attached hydrogens (primary N) is 1. The van der Waals surface area contributed by atoms with Gasteiger partial charge < -0.3 is 10.3 Å². The van der Waals surface area contributed by atoms with Crippen LogP contribution in [0.15, 0.2) is 35.1 Å². The zero-order chi connectivity index (χ0) is 14.1. The molecule has 0 fully saturated rings. The second-order valence-corrected chi connectivity index (χ2v) is 6.41. The molecule has 0 amide bonds. The van der Waals surface area contributed by atoms with Crippen LogP contribution in [0, 0.1) is 5.82 Å². The van der Waals surface area contributed by atoms with Gasteiger partial charge >= 0.3 is 0 Å². The van der Waals surface area contributed by atoms with Crippen molar-refractivity contribution in [3.8, 4) is 0 Å². The molecule has 0 spiro atoms. The summed E-state index contributed by atoms with van der Waals surface area (Å²) in [5.41, 5.74) is 9.47. The molecule has 1 atom stereocenters. The minimum absolute atomic E-state index is 0.128. The van der Waals surface area contributed by atoms with Crippen LogP contribution in [0.1, 0.15) is 42.0 Å². The first-order valence-electron chi connectivity index (χ1n) is 7.01. The van der Waals surface area contributed by atoms with Crippen molar-refractivity contribution >= 4 is 15.9 Å². The molecule has 0 saturated carbocycles. The van der Waals surface area contributed by atoms with Crippen LogP contribution in [0.25, 0.3) is 0 Å². The average molecular weight is 337 g/mol. The second kappa shape index (κ2) is 5.70. The molecule has 1 aromatic heterocycles. The fraction of sp³-hybridized carbons (Fsp3) is 0.375. The number of fused-ring (bicyclic) bond motifs is 1. The van der Waals surface area contributed by atoms with Crippen molar-refractivity contribution in [1.82, 2.24) is 4.57 Å². The van der Waals surface area contributed by atoms with Crippen LogP contribution in [0.4, 0.5) is 4.39 Å². The first kappa shape index (κ1) is 13.8. The number of aryl methyl sites for hydroxylation is 1. The molecule has 20 heavy (non-hydrogen) atoms. The van der Waals surface area contributed by atoms with E-state index in [1.807, 2.05) is 12.1 Å². The van der Waals surface area contributed by atoms with Gasteiger partial charge in [0.25, 0.3) is 0 Å². The first-order chi connectivity index (χ1) is 9.63. The molecule has 2 nitrogen and oxygen atoms in total. The highest BCUT2D eigenvalue weighted by Crippen LogP contribution is 2.28. The van der Waals surface area contributed by atoms with Gasteiger partial charge in [-0.25, -0.2) is 4.39 Å². The molecule has 0 saturated heterocycles. The molecule has 0 aliphatic heterocycles. The molecule has 1 aromatic carbocycles. The molecule has 1 heterocycles. The van der Waals surface area contributed by atoms with Gasteiger partial charge in [-0.3, -0.25) is 0 Å². The fourth-order valence-electron chi connectivity index (χ4n) is 2.89. The lowest BCUT2D eigenvalue weighted by Crippen LogP contribution is -2.09. The normalized spacial score (nSPS) is 18.6. The minimum atomic E-state index is -0.174. The van der Waals surface area contributed by atoms with E-state index in [9.17, 15) is 4.39 Å². The number of rotatable bonds is 2. The molecular formula is C16H18BrFN2. The van der Waals surface area contributed by atoms with Gasteiger partial charge in [0, 0.05) is 35.0 Å². The Bertz CT molecular complexity index is 621. The Morgan fingerprint density at radius 2 is 2.15 bits per heavy atom. The van der Waals surface area contributed by atoms with Gasteiger partial charge in [0.1, 0.15) is 5.82 Å². The predicted octanol–water partition coefficient (Wildman–Crippen LogP) is 4.16. The van der Waals surface area contributed by atoms with Gasteiger partial charge in [-0.2, -0.15) is 0 Å². The van der Waals surface area contributed by atoms with E-state index in [-0.39, 0.29) is 11.9 Å². The van der Waals surface area contributed by atoms with Crippen LogP contribution >= 0.6 is 15.9 Å². The maximum absolute atomic E-state index is 13.9. The summed E-state index contributed by atoms with van der Waals surface area (Å²) in [5, 5.41) is 0. The summed E-state index contributed by atoms with van der Waals surface area (Å²) in [6, 6.07) is 5.34. The molecule has 3 rings (SSSR count). The zero-order valence-electron chi connectivity index (χ0n) is 11.3. The predicted molar refractivity (Wildman–Crippen MR) is 82.1 cm³/mol. The van der Waals surface area contributed by atoms with Gasteiger partial charge in [-0.1, -0.05) is 28.4 Å². The minimum Gasteiger partial charge on any atom is -0.349 e. The molecule has 1 aliphatic rings. The summed E-state index contributed by atoms with van der Waals surface area (Å²) in [7, 11) is 0. The van der Waals surface area contributed by atoms with Gasteiger partial charge in [-0.05, 0) is 42.5 Å². The van der Waals surface area contributed by atoms with Crippen LogP contribution in [0.3, 0.4) is 0 Å². The van der Waals surface area contributed by atoms with E-state index in [0.29, 0.717) is 12.1 Å². The maximum Gasteiger partial charge on any atom is 0.129 e. The summed E-state index contributed by atoms with van der Waals surface area (Å²) in [6.45, 7) is 0.554. The Morgan fingerprint density at radius 3 is 2.95 bits per heavy atom. The maximum atomic E-state index is 13.9. The summed E-state index contributed by atoms with van der Waals surface area (Å²) in [5.74, 6) is -0.174. The Labute approximate surface area is 126 Å². The van der Waals surface area contributed by atoms with E-state index < -0.39 is 0 Å². The highest BCUT2D eigenvalue weighted by Gasteiger charge is 2.17. The van der Waals surface area contributed by atoms with Gasteiger partial charge in [-0.15, -0.1) is 0 Å². The quantitative estimate of drug-likeness (QED) is 0.820. The monoisotopic (exact) mass is 336 g/mol. The van der Waals surface area contributed by atoms with Crippen LogP contribution in [-0.2, 0) is 13.0 Å². The van der Waals surface area contributed by atoms with Crippen molar-refractivity contribution in [3.63, 3.8) is 0 Å². The van der Waals surface area contributed by atoms with E-state index in [4.69, 9.17) is 5.73 Å². The topological polar surface area (TPSA) is 30.9 Å². The molecule has 1 aliphatic carbocycles. The number of halogens is 2. The van der Waals surface area contributed by atoms with E-state index in [1.54, 1.807) is 0 Å². The molecule has 0 bridgehead atoms.